The Labute approximate surface area is 224 Å². The molecule has 11 nitrogen and oxygen atoms in total. The molecule has 2 heterocycles. The number of aliphatic hydroxyl groups is 2. The summed E-state index contributed by atoms with van der Waals surface area (Å²) in [7, 11) is 0. The van der Waals surface area contributed by atoms with Crippen molar-refractivity contribution in [3.8, 4) is 0 Å². The molecule has 6 N–H and O–H groups in total. The van der Waals surface area contributed by atoms with Crippen LogP contribution in [0.5, 0.6) is 0 Å². The van der Waals surface area contributed by atoms with Crippen LogP contribution in [0.15, 0.2) is 67.0 Å². The Bertz CT molecular complexity index is 1460. The van der Waals surface area contributed by atoms with E-state index in [4.69, 9.17) is 5.73 Å². The largest absolute Gasteiger partial charge is 0.475 e. The molecule has 0 radical (unpaired) electrons. The molecular weight excluding hydrogens is 500 g/mol. The lowest BCUT2D eigenvalue weighted by molar-refractivity contribution is -0.126. The van der Waals surface area contributed by atoms with Crippen LogP contribution in [0.4, 0.5) is 5.82 Å². The zero-order valence-corrected chi connectivity index (χ0v) is 21.3. The summed E-state index contributed by atoms with van der Waals surface area (Å²) >= 11 is 0. The highest BCUT2D eigenvalue weighted by Crippen LogP contribution is 2.40. The number of carboxylic acids is 1. The Morgan fingerprint density at radius 1 is 1.08 bits per heavy atom. The van der Waals surface area contributed by atoms with Crippen molar-refractivity contribution in [1.29, 1.82) is 0 Å². The Hall–Kier alpha value is -4.19. The summed E-state index contributed by atoms with van der Waals surface area (Å²) < 4.78 is 1.34. The van der Waals surface area contributed by atoms with Crippen molar-refractivity contribution in [3.05, 3.63) is 83.9 Å². The molecule has 0 amide bonds. The number of rotatable bonds is 9. The fourth-order valence-corrected chi connectivity index (χ4v) is 5.34. The number of nitrogens with one attached hydrogen (secondary N) is 1. The summed E-state index contributed by atoms with van der Waals surface area (Å²) in [4.78, 5) is 37.2. The van der Waals surface area contributed by atoms with E-state index in [2.05, 4.69) is 20.3 Å². The molecule has 4 atom stereocenters. The second-order valence-corrected chi connectivity index (χ2v) is 9.80. The number of imidazole rings is 1. The van der Waals surface area contributed by atoms with Gasteiger partial charge in [0.2, 0.25) is 5.82 Å². The van der Waals surface area contributed by atoms with Gasteiger partial charge in [-0.2, -0.15) is 0 Å². The van der Waals surface area contributed by atoms with E-state index in [1.807, 2.05) is 60.7 Å². The molecule has 39 heavy (non-hydrogen) atoms. The number of Topliss-reactive ketones (excluding diaryl/α,β-unsaturated/α-hetero) is 1. The highest BCUT2D eigenvalue weighted by Gasteiger charge is 2.54. The number of aromatic carboxylic acids is 1. The van der Waals surface area contributed by atoms with Crippen LogP contribution in [0.25, 0.3) is 11.2 Å². The molecule has 2 aromatic heterocycles. The van der Waals surface area contributed by atoms with Gasteiger partial charge >= 0.3 is 5.97 Å². The SMILES string of the molecule is CCC(=O)[C@H]1C[C@@](N)(n2cnc3c(NCC(c4ccccc4)c4ccccc4)nc(C(=O)O)nc32)[C@H](O)[C@@H]1O. The Morgan fingerprint density at radius 2 is 1.69 bits per heavy atom. The topological polar surface area (TPSA) is 176 Å². The average Bonchev–Trinajstić information content (AvgIpc) is 3.49. The van der Waals surface area contributed by atoms with Gasteiger partial charge < -0.3 is 26.4 Å². The van der Waals surface area contributed by atoms with E-state index < -0.39 is 35.6 Å². The van der Waals surface area contributed by atoms with Gasteiger partial charge in [-0.25, -0.2) is 19.7 Å². The average molecular weight is 531 g/mol. The van der Waals surface area contributed by atoms with Crippen LogP contribution in [0.2, 0.25) is 0 Å². The number of fused-ring (bicyclic) bond motifs is 1. The third-order valence-corrected chi connectivity index (χ3v) is 7.47. The maximum absolute atomic E-state index is 12.4. The van der Waals surface area contributed by atoms with Crippen molar-refractivity contribution in [2.24, 2.45) is 11.7 Å². The standard InChI is InChI=1S/C28H30N6O5/c1-2-20(35)18-13-28(29,23(37)22(18)36)34-15-31-21-24(32-25(27(38)39)33-26(21)34)30-14-19(16-9-5-3-6-10-16)17-11-7-4-8-12-17/h3-12,15,18-19,22-23,36-37H,2,13-14,29H2,1H3,(H,38,39)(H,30,32,33)/t18-,22-,23-,28-/m1/s1. The van der Waals surface area contributed by atoms with Crippen molar-refractivity contribution >= 4 is 28.7 Å². The minimum atomic E-state index is -1.64. The van der Waals surface area contributed by atoms with E-state index in [-0.39, 0.29) is 41.5 Å². The summed E-state index contributed by atoms with van der Waals surface area (Å²) in [5.74, 6) is -2.84. The first-order chi connectivity index (χ1) is 18.7. The van der Waals surface area contributed by atoms with Gasteiger partial charge in [0.05, 0.1) is 12.4 Å². The van der Waals surface area contributed by atoms with Crippen LogP contribution in [0.3, 0.4) is 0 Å². The maximum Gasteiger partial charge on any atom is 0.374 e. The predicted molar refractivity (Wildman–Crippen MR) is 143 cm³/mol. The van der Waals surface area contributed by atoms with Gasteiger partial charge in [0.1, 0.15) is 17.6 Å². The number of carbonyl (C=O) groups is 2. The molecule has 1 fully saturated rings. The molecule has 1 saturated carbocycles. The first kappa shape index (κ1) is 26.4. The number of hydrogen-bond donors (Lipinski definition) is 5. The highest BCUT2D eigenvalue weighted by molar-refractivity contribution is 5.90. The van der Waals surface area contributed by atoms with Gasteiger partial charge in [-0.15, -0.1) is 0 Å². The van der Waals surface area contributed by atoms with Crippen molar-refractivity contribution < 1.29 is 24.9 Å². The van der Waals surface area contributed by atoms with Crippen molar-refractivity contribution in [2.45, 2.75) is 43.6 Å². The Balaban J connectivity index is 1.55. The molecule has 1 aliphatic carbocycles. The molecule has 0 saturated heterocycles. The maximum atomic E-state index is 12.4. The number of carboxylic acid groups (broad SMARTS) is 1. The summed E-state index contributed by atoms with van der Waals surface area (Å²) in [5.41, 5.74) is 7.38. The molecule has 202 valence electrons. The van der Waals surface area contributed by atoms with Gasteiger partial charge in [-0.1, -0.05) is 67.6 Å². The third-order valence-electron chi connectivity index (χ3n) is 7.47. The normalized spacial score (nSPS) is 22.8. The van der Waals surface area contributed by atoms with E-state index in [9.17, 15) is 24.9 Å². The fourth-order valence-electron chi connectivity index (χ4n) is 5.34. The molecule has 5 rings (SSSR count). The van der Waals surface area contributed by atoms with E-state index in [0.29, 0.717) is 6.54 Å². The zero-order valence-electron chi connectivity index (χ0n) is 21.3. The third kappa shape index (κ3) is 4.76. The Kier molecular flexibility index (Phi) is 7.13. The van der Waals surface area contributed by atoms with Crippen LogP contribution in [0.1, 0.15) is 47.4 Å². The van der Waals surface area contributed by atoms with Gasteiger partial charge in [0, 0.05) is 24.8 Å². The number of carbonyl (C=O) groups excluding carboxylic acids is 1. The van der Waals surface area contributed by atoms with Crippen molar-refractivity contribution in [1.82, 2.24) is 19.5 Å². The molecule has 0 bridgehead atoms. The van der Waals surface area contributed by atoms with Gasteiger partial charge in [-0.05, 0) is 17.5 Å². The van der Waals surface area contributed by atoms with Gasteiger partial charge in [0.25, 0.3) is 0 Å². The van der Waals surface area contributed by atoms with E-state index in [1.54, 1.807) is 6.92 Å². The second kappa shape index (κ2) is 10.5. The summed E-state index contributed by atoms with van der Waals surface area (Å²) in [6.07, 6.45) is -1.44. The number of benzene rings is 2. The Morgan fingerprint density at radius 3 is 2.26 bits per heavy atom. The first-order valence-corrected chi connectivity index (χ1v) is 12.7. The summed E-state index contributed by atoms with van der Waals surface area (Å²) in [6, 6.07) is 19.8. The number of aromatic nitrogens is 4. The fraction of sp³-hybridized carbons (Fsp3) is 0.321. The first-order valence-electron chi connectivity index (χ1n) is 12.7. The van der Waals surface area contributed by atoms with E-state index in [0.717, 1.165) is 11.1 Å². The quantitative estimate of drug-likeness (QED) is 0.215. The molecule has 2 aromatic carbocycles. The van der Waals surface area contributed by atoms with E-state index >= 15 is 0 Å². The molecule has 0 spiro atoms. The number of aliphatic hydroxyl groups excluding tert-OH is 2. The lowest BCUT2D eigenvalue weighted by Gasteiger charge is -2.30. The van der Waals surface area contributed by atoms with Gasteiger partial charge in [0.15, 0.2) is 17.0 Å². The molecule has 1 aliphatic rings. The number of nitrogens with two attached hydrogens (primary N) is 1. The van der Waals surface area contributed by atoms with Crippen LogP contribution in [0, 0.1) is 5.92 Å². The number of hydrogen-bond acceptors (Lipinski definition) is 9. The molecular formula is C28H30N6O5. The second-order valence-electron chi connectivity index (χ2n) is 9.80. The minimum Gasteiger partial charge on any atom is -0.475 e. The zero-order chi connectivity index (χ0) is 27.7. The highest BCUT2D eigenvalue weighted by atomic mass is 16.4. The lowest BCUT2D eigenvalue weighted by atomic mass is 9.91. The molecule has 0 unspecified atom stereocenters. The molecule has 4 aromatic rings. The molecule has 11 heteroatoms. The summed E-state index contributed by atoms with van der Waals surface area (Å²) in [5, 5.41) is 34.5. The molecule has 0 aliphatic heterocycles. The monoisotopic (exact) mass is 530 g/mol. The number of anilines is 1. The van der Waals surface area contributed by atoms with Crippen LogP contribution in [-0.2, 0) is 10.5 Å². The van der Waals surface area contributed by atoms with Crippen LogP contribution >= 0.6 is 0 Å². The minimum absolute atomic E-state index is 0.0628. The summed E-state index contributed by atoms with van der Waals surface area (Å²) in [6.45, 7) is 2.04. The van der Waals surface area contributed by atoms with Crippen LogP contribution in [-0.4, -0.2) is 65.3 Å². The lowest BCUT2D eigenvalue weighted by Crippen LogP contribution is -2.51. The number of ketones is 1. The predicted octanol–water partition coefficient (Wildman–Crippen LogP) is 2.10. The van der Waals surface area contributed by atoms with Gasteiger partial charge in [-0.3, -0.25) is 9.36 Å². The smallest absolute Gasteiger partial charge is 0.374 e. The number of nitrogens with zero attached hydrogens (tertiary/aromatic N) is 4. The van der Waals surface area contributed by atoms with Crippen molar-refractivity contribution in [2.75, 3.05) is 11.9 Å². The van der Waals surface area contributed by atoms with Crippen LogP contribution < -0.4 is 11.1 Å². The van der Waals surface area contributed by atoms with E-state index in [1.165, 1.54) is 10.9 Å². The van der Waals surface area contributed by atoms with Crippen molar-refractivity contribution in [3.63, 3.8) is 0 Å².